The number of aryl methyl sites for hydroxylation is 1. The normalized spacial score (nSPS) is 10.8. The van der Waals surface area contributed by atoms with Gasteiger partial charge in [0, 0.05) is 23.2 Å². The van der Waals surface area contributed by atoms with Gasteiger partial charge in [0.2, 0.25) is 0 Å². The molecule has 0 aliphatic heterocycles. The number of amides is 1. The van der Waals surface area contributed by atoms with Gasteiger partial charge < -0.3 is 0 Å². The third-order valence-corrected chi connectivity index (χ3v) is 4.14. The molecule has 0 unspecified atom stereocenters. The Morgan fingerprint density at radius 1 is 0.960 bits per heavy atom. The SMILES string of the molecule is Cc1cccc2c(NNC(=O)c3cccnc3)c3ccccc3nc12. The van der Waals surface area contributed by atoms with Crippen LogP contribution in [-0.2, 0) is 0 Å². The molecule has 0 spiro atoms. The number of benzene rings is 2. The summed E-state index contributed by atoms with van der Waals surface area (Å²) >= 11 is 0. The molecule has 0 saturated carbocycles. The van der Waals surface area contributed by atoms with Crippen molar-refractivity contribution in [2.24, 2.45) is 0 Å². The molecule has 0 aliphatic rings. The minimum absolute atomic E-state index is 0.241. The van der Waals surface area contributed by atoms with Crippen LogP contribution in [0.15, 0.2) is 67.0 Å². The lowest BCUT2D eigenvalue weighted by atomic mass is 10.1. The number of hydrogen-bond donors (Lipinski definition) is 2. The predicted octanol–water partition coefficient (Wildman–Crippen LogP) is 3.85. The summed E-state index contributed by atoms with van der Waals surface area (Å²) in [7, 11) is 0. The molecule has 0 bridgehead atoms. The van der Waals surface area contributed by atoms with Crippen molar-refractivity contribution in [1.29, 1.82) is 0 Å². The van der Waals surface area contributed by atoms with Gasteiger partial charge in [-0.2, -0.15) is 0 Å². The van der Waals surface area contributed by atoms with Gasteiger partial charge >= 0.3 is 0 Å². The summed E-state index contributed by atoms with van der Waals surface area (Å²) in [5.74, 6) is -0.241. The lowest BCUT2D eigenvalue weighted by Crippen LogP contribution is -2.29. The number of anilines is 1. The molecular weight excluding hydrogens is 312 g/mol. The number of carbonyl (C=O) groups excluding carboxylic acids is 1. The van der Waals surface area contributed by atoms with Crippen LogP contribution in [0.4, 0.5) is 5.69 Å². The molecule has 0 aliphatic carbocycles. The molecule has 4 aromatic rings. The van der Waals surface area contributed by atoms with Crippen molar-refractivity contribution >= 4 is 33.4 Å². The van der Waals surface area contributed by atoms with Gasteiger partial charge in [-0.05, 0) is 30.7 Å². The maximum Gasteiger partial charge on any atom is 0.271 e. The number of nitrogens with zero attached hydrogens (tertiary/aromatic N) is 2. The second-order valence-corrected chi connectivity index (χ2v) is 5.80. The van der Waals surface area contributed by atoms with Crippen molar-refractivity contribution in [3.63, 3.8) is 0 Å². The van der Waals surface area contributed by atoms with Gasteiger partial charge in [0.25, 0.3) is 5.91 Å². The first-order chi connectivity index (χ1) is 12.2. The third-order valence-electron chi connectivity index (χ3n) is 4.14. The molecule has 0 saturated heterocycles. The molecule has 0 atom stereocenters. The van der Waals surface area contributed by atoms with E-state index in [1.807, 2.05) is 49.4 Å². The molecule has 1 amide bonds. The number of carbonyl (C=O) groups is 1. The van der Waals surface area contributed by atoms with Gasteiger partial charge in [-0.25, -0.2) is 4.98 Å². The number of hydrazine groups is 1. The van der Waals surface area contributed by atoms with Crippen molar-refractivity contribution in [1.82, 2.24) is 15.4 Å². The summed E-state index contributed by atoms with van der Waals surface area (Å²) in [5.41, 5.74) is 10.1. The van der Waals surface area contributed by atoms with E-state index in [0.717, 1.165) is 33.1 Å². The highest BCUT2D eigenvalue weighted by molar-refractivity contribution is 6.08. The summed E-state index contributed by atoms with van der Waals surface area (Å²) < 4.78 is 0. The van der Waals surface area contributed by atoms with Crippen molar-refractivity contribution in [3.05, 3.63) is 78.1 Å². The van der Waals surface area contributed by atoms with Crippen LogP contribution in [0.1, 0.15) is 15.9 Å². The van der Waals surface area contributed by atoms with Crippen LogP contribution in [-0.4, -0.2) is 15.9 Å². The number of aromatic nitrogens is 2. The van der Waals surface area contributed by atoms with Crippen molar-refractivity contribution in [3.8, 4) is 0 Å². The number of rotatable bonds is 3. The summed E-state index contributed by atoms with van der Waals surface area (Å²) in [6.07, 6.45) is 3.17. The van der Waals surface area contributed by atoms with Gasteiger partial charge in [-0.15, -0.1) is 0 Å². The Labute approximate surface area is 144 Å². The first kappa shape index (κ1) is 15.1. The van der Waals surface area contributed by atoms with E-state index in [-0.39, 0.29) is 5.91 Å². The van der Waals surface area contributed by atoms with Crippen molar-refractivity contribution in [2.45, 2.75) is 6.92 Å². The molecule has 0 radical (unpaired) electrons. The van der Waals surface area contributed by atoms with Crippen LogP contribution in [0.25, 0.3) is 21.8 Å². The quantitative estimate of drug-likeness (QED) is 0.443. The lowest BCUT2D eigenvalue weighted by molar-refractivity contribution is 0.0962. The lowest BCUT2D eigenvalue weighted by Gasteiger charge is -2.15. The Bertz CT molecular complexity index is 1080. The summed E-state index contributed by atoms with van der Waals surface area (Å²) in [6, 6.07) is 17.3. The molecule has 2 heterocycles. The summed E-state index contributed by atoms with van der Waals surface area (Å²) in [5, 5.41) is 1.91. The predicted molar refractivity (Wildman–Crippen MR) is 99.3 cm³/mol. The Morgan fingerprint density at radius 2 is 1.80 bits per heavy atom. The minimum atomic E-state index is -0.241. The molecule has 4 rings (SSSR count). The fourth-order valence-electron chi connectivity index (χ4n) is 2.88. The second kappa shape index (κ2) is 6.20. The number of hydrogen-bond acceptors (Lipinski definition) is 4. The zero-order valence-corrected chi connectivity index (χ0v) is 13.7. The fraction of sp³-hybridized carbons (Fsp3) is 0.0500. The Hall–Kier alpha value is -3.47. The molecular formula is C20H16N4O. The van der Waals surface area contributed by atoms with Crippen LogP contribution in [0.2, 0.25) is 0 Å². The van der Waals surface area contributed by atoms with E-state index in [1.165, 1.54) is 6.20 Å². The van der Waals surface area contributed by atoms with E-state index in [2.05, 4.69) is 15.8 Å². The highest BCUT2D eigenvalue weighted by atomic mass is 16.2. The van der Waals surface area contributed by atoms with Crippen LogP contribution in [0.5, 0.6) is 0 Å². The third kappa shape index (κ3) is 2.76. The zero-order valence-electron chi connectivity index (χ0n) is 13.7. The van der Waals surface area contributed by atoms with E-state index >= 15 is 0 Å². The Kier molecular flexibility index (Phi) is 3.74. The first-order valence-electron chi connectivity index (χ1n) is 7.98. The largest absolute Gasteiger partial charge is 0.297 e. The highest BCUT2D eigenvalue weighted by Gasteiger charge is 2.11. The smallest absolute Gasteiger partial charge is 0.271 e. The van der Waals surface area contributed by atoms with E-state index in [0.29, 0.717) is 5.56 Å². The van der Waals surface area contributed by atoms with Gasteiger partial charge in [-0.1, -0.05) is 36.4 Å². The maximum absolute atomic E-state index is 12.3. The average Bonchev–Trinajstić information content (AvgIpc) is 2.66. The summed E-state index contributed by atoms with van der Waals surface area (Å²) in [6.45, 7) is 2.03. The van der Waals surface area contributed by atoms with E-state index < -0.39 is 0 Å². The average molecular weight is 328 g/mol. The minimum Gasteiger partial charge on any atom is -0.297 e. The van der Waals surface area contributed by atoms with Crippen LogP contribution in [0.3, 0.4) is 0 Å². The molecule has 5 heteroatoms. The van der Waals surface area contributed by atoms with Gasteiger partial charge in [0.15, 0.2) is 0 Å². The van der Waals surface area contributed by atoms with Crippen molar-refractivity contribution in [2.75, 3.05) is 5.43 Å². The number of para-hydroxylation sites is 2. The van der Waals surface area contributed by atoms with E-state index in [1.54, 1.807) is 18.3 Å². The highest BCUT2D eigenvalue weighted by Crippen LogP contribution is 2.31. The fourth-order valence-corrected chi connectivity index (χ4v) is 2.88. The standard InChI is InChI=1S/C20H16N4O/c1-13-6-4-9-16-18(13)22-17-10-3-2-8-15(17)19(16)23-24-20(25)14-7-5-11-21-12-14/h2-12H,1H3,(H,22,23)(H,24,25). The van der Waals surface area contributed by atoms with Gasteiger partial charge in [0.1, 0.15) is 0 Å². The first-order valence-corrected chi connectivity index (χ1v) is 7.98. The van der Waals surface area contributed by atoms with E-state index in [9.17, 15) is 4.79 Å². The molecule has 25 heavy (non-hydrogen) atoms. The topological polar surface area (TPSA) is 66.9 Å². The van der Waals surface area contributed by atoms with Crippen LogP contribution in [0, 0.1) is 6.92 Å². The molecule has 0 fully saturated rings. The zero-order chi connectivity index (χ0) is 17.2. The monoisotopic (exact) mass is 328 g/mol. The van der Waals surface area contributed by atoms with Crippen LogP contribution >= 0.6 is 0 Å². The molecule has 122 valence electrons. The van der Waals surface area contributed by atoms with Crippen LogP contribution < -0.4 is 10.9 Å². The molecule has 2 aromatic heterocycles. The Balaban J connectivity index is 1.79. The number of pyridine rings is 2. The number of nitrogens with one attached hydrogen (secondary N) is 2. The van der Waals surface area contributed by atoms with E-state index in [4.69, 9.17) is 4.98 Å². The molecule has 2 aromatic carbocycles. The van der Waals surface area contributed by atoms with Crippen molar-refractivity contribution < 1.29 is 4.79 Å². The van der Waals surface area contributed by atoms with Gasteiger partial charge in [-0.3, -0.25) is 20.6 Å². The number of fused-ring (bicyclic) bond motifs is 2. The maximum atomic E-state index is 12.3. The summed E-state index contributed by atoms with van der Waals surface area (Å²) in [4.78, 5) is 21.1. The van der Waals surface area contributed by atoms with Gasteiger partial charge in [0.05, 0.1) is 22.3 Å². The molecule has 2 N–H and O–H groups in total. The Morgan fingerprint density at radius 3 is 2.64 bits per heavy atom. The molecule has 5 nitrogen and oxygen atoms in total. The second-order valence-electron chi connectivity index (χ2n) is 5.80.